The summed E-state index contributed by atoms with van der Waals surface area (Å²) in [6, 6.07) is 11.9. The van der Waals surface area contributed by atoms with Crippen molar-refractivity contribution in [1.82, 2.24) is 9.97 Å². The van der Waals surface area contributed by atoms with E-state index >= 15 is 0 Å². The normalized spacial score (nSPS) is 15.6. The van der Waals surface area contributed by atoms with Crippen LogP contribution < -0.4 is 0 Å². The van der Waals surface area contributed by atoms with Crippen LogP contribution in [0.15, 0.2) is 56.4 Å². The molecule has 0 aromatic carbocycles. The van der Waals surface area contributed by atoms with Gasteiger partial charge in [0.05, 0.1) is 71.8 Å². The Balaban J connectivity index is 0.00000300. The third-order valence-electron chi connectivity index (χ3n) is 4.58. The van der Waals surface area contributed by atoms with Gasteiger partial charge in [-0.3, -0.25) is 20.0 Å². The van der Waals surface area contributed by atoms with Crippen LogP contribution in [-0.2, 0) is 0 Å². The molecule has 0 saturated carbocycles. The number of nitrogens with zero attached hydrogens (tertiary/aromatic N) is 6. The van der Waals surface area contributed by atoms with Crippen molar-refractivity contribution >= 4 is 22.8 Å². The maximum absolute atomic E-state index is 4.70. The molecule has 3 heterocycles. The number of aromatic nitrogens is 2. The van der Waals surface area contributed by atoms with Crippen LogP contribution >= 0.6 is 0 Å². The third-order valence-corrected chi connectivity index (χ3v) is 4.58. The molecule has 29 heavy (non-hydrogen) atoms. The van der Waals surface area contributed by atoms with Crippen LogP contribution in [0.2, 0.25) is 0 Å². The zero-order valence-corrected chi connectivity index (χ0v) is 20.0. The van der Waals surface area contributed by atoms with Crippen LogP contribution in [0.25, 0.3) is 0 Å². The molecule has 3 rings (SSSR count). The van der Waals surface area contributed by atoms with Crippen LogP contribution in [-0.4, -0.2) is 59.0 Å². The Labute approximate surface area is 204 Å². The average Bonchev–Trinajstić information content (AvgIpc) is 2.73. The summed E-state index contributed by atoms with van der Waals surface area (Å²) in [6.07, 6.45) is 0. The van der Waals surface area contributed by atoms with Gasteiger partial charge in [-0.05, 0) is 52.0 Å². The molecule has 147 valence electrons. The Kier molecular flexibility index (Phi) is 9.35. The van der Waals surface area contributed by atoms with E-state index in [-0.39, 0.29) is 40.4 Å². The molecule has 1 aliphatic rings. The number of hydrogen-bond acceptors (Lipinski definition) is 6. The summed E-state index contributed by atoms with van der Waals surface area (Å²) in [5.74, 6) is 0. The van der Waals surface area contributed by atoms with E-state index in [1.54, 1.807) is 0 Å². The molecule has 0 unspecified atom stereocenters. The molecule has 1 aliphatic heterocycles. The number of rotatable bonds is 0. The Bertz CT molecular complexity index is 825. The fourth-order valence-corrected chi connectivity index (χ4v) is 2.87. The first-order valence-electron chi connectivity index (χ1n) is 9.54. The molecule has 1 radical (unpaired) electrons. The number of aliphatic imine (C=N–C) groups is 4. The Morgan fingerprint density at radius 1 is 0.483 bits per heavy atom. The summed E-state index contributed by atoms with van der Waals surface area (Å²) in [5.41, 5.74) is 7.12. The number of fused-ring (bicyclic) bond motifs is 4. The van der Waals surface area contributed by atoms with Crippen molar-refractivity contribution in [3.8, 4) is 0 Å². The van der Waals surface area contributed by atoms with Crippen molar-refractivity contribution < 1.29 is 40.4 Å². The van der Waals surface area contributed by atoms with Gasteiger partial charge in [-0.15, -0.1) is 0 Å². The van der Waals surface area contributed by atoms with Gasteiger partial charge < -0.3 is 0 Å². The van der Waals surface area contributed by atoms with Gasteiger partial charge in [0.25, 0.3) is 0 Å². The molecule has 0 saturated heterocycles. The smallest absolute Gasteiger partial charge is 0.286 e. The van der Waals surface area contributed by atoms with Gasteiger partial charge in [0.2, 0.25) is 0 Å². The van der Waals surface area contributed by atoms with Crippen molar-refractivity contribution in [2.24, 2.45) is 20.0 Å². The molecule has 0 N–H and O–H groups in total. The van der Waals surface area contributed by atoms with Gasteiger partial charge in [0, 0.05) is 0 Å². The zero-order valence-electron chi connectivity index (χ0n) is 17.4. The summed E-state index contributed by atoms with van der Waals surface area (Å²) < 4.78 is 0. The Hall–Kier alpha value is -1.68. The van der Waals surface area contributed by atoms with Gasteiger partial charge in [0.15, 0.2) is 0 Å². The van der Waals surface area contributed by atoms with E-state index in [2.05, 4.69) is 20.0 Å². The van der Waals surface area contributed by atoms with E-state index in [1.807, 2.05) is 64.1 Å². The van der Waals surface area contributed by atoms with Crippen molar-refractivity contribution in [3.63, 3.8) is 0 Å². The van der Waals surface area contributed by atoms with E-state index in [0.29, 0.717) is 26.2 Å². The molecule has 7 heteroatoms. The van der Waals surface area contributed by atoms with E-state index in [9.17, 15) is 0 Å². The van der Waals surface area contributed by atoms with E-state index in [1.165, 1.54) is 0 Å². The topological polar surface area (TPSA) is 75.2 Å². The van der Waals surface area contributed by atoms with E-state index < -0.39 is 0 Å². The number of hydrogen-bond donors (Lipinski definition) is 0. The number of pyridine rings is 2. The molecule has 0 amide bonds. The second kappa shape index (κ2) is 11.5. The Morgan fingerprint density at radius 3 is 0.966 bits per heavy atom. The first-order valence-corrected chi connectivity index (χ1v) is 9.54. The molecule has 6 nitrogen and oxygen atoms in total. The van der Waals surface area contributed by atoms with Gasteiger partial charge in [0.1, 0.15) is 0 Å². The molecule has 0 spiro atoms. The second-order valence-corrected chi connectivity index (χ2v) is 6.68. The molecule has 0 fully saturated rings. The summed E-state index contributed by atoms with van der Waals surface area (Å²) in [4.78, 5) is 27.9. The molecule has 0 aliphatic carbocycles. The monoisotopic (exact) mass is 526 g/mol. The van der Waals surface area contributed by atoms with Crippen LogP contribution in [0.4, 0.5) is 0 Å². The molecule has 4 bridgehead atoms. The predicted octanol–water partition coefficient (Wildman–Crippen LogP) is 3.43. The third kappa shape index (κ3) is 6.67. The summed E-state index contributed by atoms with van der Waals surface area (Å²) in [7, 11) is 0. The summed E-state index contributed by atoms with van der Waals surface area (Å²) in [6.45, 7) is 10.4. The van der Waals surface area contributed by atoms with Crippen molar-refractivity contribution in [3.05, 3.63) is 59.2 Å². The first-order chi connectivity index (χ1) is 13.5. The molecular weight excluding hydrogens is 499 g/mol. The predicted molar refractivity (Wildman–Crippen MR) is 117 cm³/mol. The SMILES string of the molecule is CC1=NCCN=C(C)c2cccc(n2)C(C)=NCCN=C(C)c2cccc1n2.[Sm+3]. The fourth-order valence-electron chi connectivity index (χ4n) is 2.87. The van der Waals surface area contributed by atoms with Crippen LogP contribution in [0, 0.1) is 40.4 Å². The van der Waals surface area contributed by atoms with Gasteiger partial charge in [-0.2, -0.15) is 0 Å². The second-order valence-electron chi connectivity index (χ2n) is 6.68. The molecule has 2 aromatic rings. The van der Waals surface area contributed by atoms with Gasteiger partial charge >= 0.3 is 40.4 Å². The standard InChI is InChI=1S/C22H26N6.Sm/c1-15-19-7-5-8-20(27-19)16(2)25-13-14-26-18(4)22-10-6-9-21(28-22)17(3)24-12-11-23-15;/h5-10H,11-14H2,1-4H3;/q;+3. The minimum Gasteiger partial charge on any atom is -0.286 e. The van der Waals surface area contributed by atoms with Gasteiger partial charge in [-0.25, -0.2) is 9.97 Å². The van der Waals surface area contributed by atoms with Crippen molar-refractivity contribution in [2.75, 3.05) is 26.2 Å². The first kappa shape index (κ1) is 23.6. The maximum atomic E-state index is 4.70. The zero-order chi connectivity index (χ0) is 19.9. The maximum Gasteiger partial charge on any atom is 3.00 e. The molecule has 2 aromatic heterocycles. The van der Waals surface area contributed by atoms with Crippen LogP contribution in [0.1, 0.15) is 50.5 Å². The van der Waals surface area contributed by atoms with E-state index in [0.717, 1.165) is 45.6 Å². The van der Waals surface area contributed by atoms with Crippen molar-refractivity contribution in [1.29, 1.82) is 0 Å². The largest absolute Gasteiger partial charge is 3.00 e. The summed E-state index contributed by atoms with van der Waals surface area (Å²) in [5, 5.41) is 0. The molecule has 0 atom stereocenters. The fraction of sp³-hybridized carbons (Fsp3) is 0.364. The van der Waals surface area contributed by atoms with Crippen LogP contribution in [0.5, 0.6) is 0 Å². The average molecular weight is 525 g/mol. The van der Waals surface area contributed by atoms with E-state index in [4.69, 9.17) is 9.97 Å². The quantitative estimate of drug-likeness (QED) is 0.530. The van der Waals surface area contributed by atoms with Gasteiger partial charge in [-0.1, -0.05) is 12.1 Å². The molecular formula is C22H26N6Sm+3. The minimum absolute atomic E-state index is 0. The Morgan fingerprint density at radius 2 is 0.724 bits per heavy atom. The van der Waals surface area contributed by atoms with Crippen molar-refractivity contribution in [2.45, 2.75) is 27.7 Å². The van der Waals surface area contributed by atoms with Crippen LogP contribution in [0.3, 0.4) is 0 Å². The minimum atomic E-state index is 0. The summed E-state index contributed by atoms with van der Waals surface area (Å²) >= 11 is 0.